The summed E-state index contributed by atoms with van der Waals surface area (Å²) in [5, 5.41) is 0. The van der Waals surface area contributed by atoms with E-state index in [1.54, 1.807) is 0 Å². The van der Waals surface area contributed by atoms with Crippen LogP contribution in [-0.4, -0.2) is 41.5 Å². The summed E-state index contributed by atoms with van der Waals surface area (Å²) in [7, 11) is 4.44. The van der Waals surface area contributed by atoms with Crippen LogP contribution in [0.4, 0.5) is 0 Å². The van der Waals surface area contributed by atoms with Crippen molar-refractivity contribution in [1.29, 1.82) is 0 Å². The summed E-state index contributed by atoms with van der Waals surface area (Å²) < 4.78 is 0. The highest BCUT2D eigenvalue weighted by Gasteiger charge is 2.21. The zero-order valence-corrected chi connectivity index (χ0v) is 17.4. The van der Waals surface area contributed by atoms with Gasteiger partial charge < -0.3 is 4.90 Å². The zero-order chi connectivity index (χ0) is 19.1. The van der Waals surface area contributed by atoms with Crippen LogP contribution in [0.2, 0.25) is 0 Å². The Morgan fingerprint density at radius 3 is 2.77 bits per heavy atom. The molecule has 0 saturated carbocycles. The molecule has 3 nitrogen and oxygen atoms in total. The van der Waals surface area contributed by atoms with Crippen LogP contribution in [0.25, 0.3) is 6.08 Å². The highest BCUT2D eigenvalue weighted by molar-refractivity contribution is 5.52. The van der Waals surface area contributed by atoms with Crippen molar-refractivity contribution in [2.24, 2.45) is 0 Å². The lowest BCUT2D eigenvalue weighted by Crippen LogP contribution is -2.36. The molecule has 2 heterocycles. The summed E-state index contributed by atoms with van der Waals surface area (Å²) in [6.45, 7) is 10.9. The van der Waals surface area contributed by atoms with Gasteiger partial charge in [0.2, 0.25) is 0 Å². The molecule has 0 aliphatic carbocycles. The second-order valence-electron chi connectivity index (χ2n) is 7.43. The summed E-state index contributed by atoms with van der Waals surface area (Å²) >= 11 is 0. The maximum Gasteiger partial charge on any atom is 0.0401 e. The number of nitrogens with zero attached hydrogens (tertiary/aromatic N) is 3. The van der Waals surface area contributed by atoms with Crippen LogP contribution >= 0.6 is 0 Å². The monoisotopic (exact) mass is 353 g/mol. The molecule has 0 amide bonds. The first kappa shape index (κ1) is 20.4. The molecule has 26 heavy (non-hydrogen) atoms. The molecule has 0 spiro atoms. The van der Waals surface area contributed by atoms with E-state index in [0.717, 1.165) is 19.5 Å². The Morgan fingerprint density at radius 2 is 2.12 bits per heavy atom. The topological polar surface area (TPSA) is 19.4 Å². The molecule has 1 atom stereocenters. The van der Waals surface area contributed by atoms with Gasteiger partial charge in [0.1, 0.15) is 0 Å². The fraction of sp³-hybridized carbons (Fsp3) is 0.522. The number of likely N-dealkylation sites (N-methyl/N-ethyl adjacent to an activating group) is 2. The van der Waals surface area contributed by atoms with Crippen molar-refractivity contribution in [2.45, 2.75) is 59.5 Å². The Labute approximate surface area is 160 Å². The largest absolute Gasteiger partial charge is 0.374 e. The normalized spacial score (nSPS) is 16.6. The van der Waals surface area contributed by atoms with Gasteiger partial charge in [-0.2, -0.15) is 0 Å². The number of hydrogen-bond acceptors (Lipinski definition) is 3. The SMILES string of the molecule is CC/C=C/c1ccncc1CN(C)C(C)C1=CC(C)=C(CCC)N(C)C1. The van der Waals surface area contributed by atoms with E-state index in [4.69, 9.17) is 0 Å². The predicted octanol–water partition coefficient (Wildman–Crippen LogP) is 5.27. The molecule has 2 rings (SSSR count). The molecule has 0 saturated heterocycles. The third-order valence-corrected chi connectivity index (χ3v) is 5.32. The van der Waals surface area contributed by atoms with Crippen LogP contribution in [0.15, 0.2) is 47.5 Å². The summed E-state index contributed by atoms with van der Waals surface area (Å²) in [5.41, 5.74) is 6.96. The molecular weight excluding hydrogens is 318 g/mol. The van der Waals surface area contributed by atoms with Gasteiger partial charge in [0.25, 0.3) is 0 Å². The first-order chi connectivity index (χ1) is 12.5. The van der Waals surface area contributed by atoms with E-state index in [1.807, 2.05) is 12.4 Å². The second kappa shape index (κ2) is 9.72. The van der Waals surface area contributed by atoms with Crippen LogP contribution < -0.4 is 0 Å². The van der Waals surface area contributed by atoms with E-state index < -0.39 is 0 Å². The molecule has 1 aliphatic heterocycles. The zero-order valence-electron chi connectivity index (χ0n) is 17.4. The fourth-order valence-corrected chi connectivity index (χ4v) is 3.62. The van der Waals surface area contributed by atoms with Crippen LogP contribution in [0.3, 0.4) is 0 Å². The molecule has 0 aromatic carbocycles. The molecule has 0 N–H and O–H groups in total. The number of hydrogen-bond donors (Lipinski definition) is 0. The molecule has 142 valence electrons. The lowest BCUT2D eigenvalue weighted by molar-refractivity contribution is 0.263. The summed E-state index contributed by atoms with van der Waals surface area (Å²) in [5.74, 6) is 0. The van der Waals surface area contributed by atoms with Crippen molar-refractivity contribution in [3.05, 3.63) is 58.6 Å². The number of rotatable bonds is 8. The van der Waals surface area contributed by atoms with Gasteiger partial charge in [-0.3, -0.25) is 9.88 Å². The smallest absolute Gasteiger partial charge is 0.0401 e. The van der Waals surface area contributed by atoms with E-state index >= 15 is 0 Å². The van der Waals surface area contributed by atoms with Crippen LogP contribution in [0.5, 0.6) is 0 Å². The van der Waals surface area contributed by atoms with Gasteiger partial charge in [-0.15, -0.1) is 0 Å². The average molecular weight is 354 g/mol. The number of aromatic nitrogens is 1. The third-order valence-electron chi connectivity index (χ3n) is 5.32. The Kier molecular flexibility index (Phi) is 7.65. The summed E-state index contributed by atoms with van der Waals surface area (Å²) in [4.78, 5) is 9.20. The Hall–Kier alpha value is -1.87. The molecule has 0 radical (unpaired) electrons. The summed E-state index contributed by atoms with van der Waals surface area (Å²) in [6.07, 6.45) is 14.1. The van der Waals surface area contributed by atoms with E-state index in [9.17, 15) is 0 Å². The average Bonchev–Trinajstić information content (AvgIpc) is 2.63. The third kappa shape index (κ3) is 5.07. The Bertz CT molecular complexity index is 684. The minimum atomic E-state index is 0.402. The molecule has 1 unspecified atom stereocenters. The fourth-order valence-electron chi connectivity index (χ4n) is 3.62. The lowest BCUT2D eigenvalue weighted by Gasteiger charge is -2.35. The highest BCUT2D eigenvalue weighted by atomic mass is 15.2. The molecule has 1 aromatic rings. The van der Waals surface area contributed by atoms with Gasteiger partial charge in [-0.05, 0) is 62.1 Å². The Morgan fingerprint density at radius 1 is 1.35 bits per heavy atom. The molecule has 1 aliphatic rings. The van der Waals surface area contributed by atoms with Gasteiger partial charge in [-0.1, -0.05) is 38.5 Å². The summed E-state index contributed by atoms with van der Waals surface area (Å²) in [6, 6.07) is 2.51. The first-order valence-electron chi connectivity index (χ1n) is 9.88. The van der Waals surface area contributed by atoms with Crippen molar-refractivity contribution in [2.75, 3.05) is 20.6 Å². The maximum absolute atomic E-state index is 4.34. The van der Waals surface area contributed by atoms with Crippen LogP contribution in [0.1, 0.15) is 58.1 Å². The second-order valence-corrected chi connectivity index (χ2v) is 7.43. The standard InChI is InChI=1S/C23H35N3/c1-7-9-11-20-12-13-24-15-22(20)17-25(5)19(4)21-14-18(3)23(10-8-2)26(6)16-21/h9,11-15,19H,7-8,10,16-17H2,1-6H3/b11-9+. The van der Waals surface area contributed by atoms with E-state index in [1.165, 1.54) is 40.8 Å². The molecule has 0 bridgehead atoms. The first-order valence-corrected chi connectivity index (χ1v) is 9.88. The van der Waals surface area contributed by atoms with Gasteiger partial charge in [-0.25, -0.2) is 0 Å². The van der Waals surface area contributed by atoms with Crippen LogP contribution in [-0.2, 0) is 6.54 Å². The van der Waals surface area contributed by atoms with E-state index in [2.05, 4.69) is 80.9 Å². The number of pyridine rings is 1. The molecule has 0 fully saturated rings. The van der Waals surface area contributed by atoms with Gasteiger partial charge >= 0.3 is 0 Å². The molecule has 1 aromatic heterocycles. The maximum atomic E-state index is 4.34. The van der Waals surface area contributed by atoms with Gasteiger partial charge in [0.15, 0.2) is 0 Å². The predicted molar refractivity (Wildman–Crippen MR) is 113 cm³/mol. The minimum Gasteiger partial charge on any atom is -0.374 e. The van der Waals surface area contributed by atoms with Gasteiger partial charge in [0, 0.05) is 44.3 Å². The minimum absolute atomic E-state index is 0.402. The number of allylic oxidation sites excluding steroid dienone is 4. The molecule has 3 heteroatoms. The van der Waals surface area contributed by atoms with Crippen LogP contribution in [0, 0.1) is 0 Å². The van der Waals surface area contributed by atoms with E-state index in [0.29, 0.717) is 6.04 Å². The van der Waals surface area contributed by atoms with Crippen molar-refractivity contribution in [3.8, 4) is 0 Å². The van der Waals surface area contributed by atoms with Crippen molar-refractivity contribution in [1.82, 2.24) is 14.8 Å². The quantitative estimate of drug-likeness (QED) is 0.634. The van der Waals surface area contributed by atoms with Crippen molar-refractivity contribution >= 4 is 6.08 Å². The van der Waals surface area contributed by atoms with Crippen molar-refractivity contribution < 1.29 is 0 Å². The van der Waals surface area contributed by atoms with E-state index in [-0.39, 0.29) is 0 Å². The lowest BCUT2D eigenvalue weighted by atomic mass is 9.97. The van der Waals surface area contributed by atoms with Crippen molar-refractivity contribution in [3.63, 3.8) is 0 Å². The highest BCUT2D eigenvalue weighted by Crippen LogP contribution is 2.26. The van der Waals surface area contributed by atoms with Gasteiger partial charge in [0.05, 0.1) is 0 Å². The molecular formula is C23H35N3. The Balaban J connectivity index is 2.15.